The number of carbonyl (C=O) groups excluding carboxylic acids is 1. The summed E-state index contributed by atoms with van der Waals surface area (Å²) in [4.78, 5) is 15.3. The number of thiophene rings is 1. The molecular formula is C17H21BrN2O3S2. The predicted molar refractivity (Wildman–Crippen MR) is 104 cm³/mol. The number of nitrogens with zero attached hydrogens (tertiary/aromatic N) is 1. The van der Waals surface area contributed by atoms with E-state index >= 15 is 0 Å². The molecule has 0 aliphatic heterocycles. The van der Waals surface area contributed by atoms with E-state index in [2.05, 4.69) is 20.7 Å². The molecule has 0 aliphatic carbocycles. The number of amides is 1. The van der Waals surface area contributed by atoms with Crippen LogP contribution in [0, 0.1) is 0 Å². The Bertz CT molecular complexity index is 832. The van der Waals surface area contributed by atoms with Crippen LogP contribution in [-0.4, -0.2) is 32.3 Å². The highest BCUT2D eigenvalue weighted by molar-refractivity contribution is 9.10. The van der Waals surface area contributed by atoms with Crippen LogP contribution >= 0.6 is 27.3 Å². The van der Waals surface area contributed by atoms with Crippen molar-refractivity contribution in [3.05, 3.63) is 50.6 Å². The molecular weight excluding hydrogens is 424 g/mol. The van der Waals surface area contributed by atoms with Crippen LogP contribution in [0.4, 0.5) is 0 Å². The fraction of sp³-hybridized carbons (Fsp3) is 0.353. The molecule has 136 valence electrons. The zero-order chi connectivity index (χ0) is 18.6. The SMILES string of the molecule is CCC(C)NS(=O)(=O)c1ccc(C(=O)N(C)Cc2cc(Br)cs2)cc1. The zero-order valence-corrected chi connectivity index (χ0v) is 17.5. The van der Waals surface area contributed by atoms with Crippen molar-refractivity contribution < 1.29 is 13.2 Å². The second-order valence-corrected chi connectivity index (χ2v) is 9.47. The number of benzene rings is 1. The average Bonchev–Trinajstić information content (AvgIpc) is 2.98. The summed E-state index contributed by atoms with van der Waals surface area (Å²) in [5.41, 5.74) is 0.459. The van der Waals surface area contributed by atoms with Crippen LogP contribution in [0.1, 0.15) is 35.5 Å². The summed E-state index contributed by atoms with van der Waals surface area (Å²) < 4.78 is 28.1. The molecule has 1 amide bonds. The molecule has 0 saturated carbocycles. The van der Waals surface area contributed by atoms with Crippen LogP contribution < -0.4 is 4.72 Å². The molecule has 1 aromatic carbocycles. The van der Waals surface area contributed by atoms with Crippen LogP contribution in [0.2, 0.25) is 0 Å². The van der Waals surface area contributed by atoms with Gasteiger partial charge in [0.25, 0.3) is 5.91 Å². The van der Waals surface area contributed by atoms with Crippen LogP contribution in [-0.2, 0) is 16.6 Å². The summed E-state index contributed by atoms with van der Waals surface area (Å²) in [7, 11) is -1.83. The highest BCUT2D eigenvalue weighted by Gasteiger charge is 2.18. The second-order valence-electron chi connectivity index (χ2n) is 5.85. The van der Waals surface area contributed by atoms with Gasteiger partial charge in [-0.1, -0.05) is 6.92 Å². The maximum Gasteiger partial charge on any atom is 0.253 e. The van der Waals surface area contributed by atoms with Crippen molar-refractivity contribution in [3.8, 4) is 0 Å². The molecule has 0 radical (unpaired) electrons. The Labute approximate surface area is 161 Å². The molecule has 0 aliphatic rings. The van der Waals surface area contributed by atoms with E-state index in [1.807, 2.05) is 25.3 Å². The highest BCUT2D eigenvalue weighted by atomic mass is 79.9. The topological polar surface area (TPSA) is 66.5 Å². The maximum atomic E-state index is 12.5. The first-order chi connectivity index (χ1) is 11.7. The second kappa shape index (κ2) is 8.44. The van der Waals surface area contributed by atoms with E-state index < -0.39 is 10.0 Å². The van der Waals surface area contributed by atoms with Crippen molar-refractivity contribution in [1.82, 2.24) is 9.62 Å². The number of nitrogens with one attached hydrogen (secondary N) is 1. The van der Waals surface area contributed by atoms with E-state index in [0.29, 0.717) is 18.5 Å². The summed E-state index contributed by atoms with van der Waals surface area (Å²) in [6.45, 7) is 4.23. The molecule has 8 heteroatoms. The van der Waals surface area contributed by atoms with Crippen molar-refractivity contribution in [2.24, 2.45) is 0 Å². The van der Waals surface area contributed by atoms with E-state index in [1.54, 1.807) is 35.4 Å². The summed E-state index contributed by atoms with van der Waals surface area (Å²) >= 11 is 4.97. The summed E-state index contributed by atoms with van der Waals surface area (Å²) in [5, 5.41) is 1.97. The van der Waals surface area contributed by atoms with E-state index in [1.165, 1.54) is 12.1 Å². The number of halogens is 1. The first-order valence-electron chi connectivity index (χ1n) is 7.83. The Morgan fingerprint density at radius 3 is 2.48 bits per heavy atom. The van der Waals surface area contributed by atoms with E-state index in [-0.39, 0.29) is 16.8 Å². The minimum Gasteiger partial charge on any atom is -0.337 e. The van der Waals surface area contributed by atoms with Crippen LogP contribution in [0.5, 0.6) is 0 Å². The summed E-state index contributed by atoms with van der Waals surface area (Å²) in [6.07, 6.45) is 0.708. The maximum absolute atomic E-state index is 12.5. The molecule has 1 heterocycles. The van der Waals surface area contributed by atoms with E-state index in [9.17, 15) is 13.2 Å². The molecule has 0 saturated heterocycles. The molecule has 2 aromatic rings. The Hall–Kier alpha value is -1.22. The van der Waals surface area contributed by atoms with Gasteiger partial charge in [0.1, 0.15) is 0 Å². The first-order valence-corrected chi connectivity index (χ1v) is 11.0. The van der Waals surface area contributed by atoms with Gasteiger partial charge in [0.2, 0.25) is 10.0 Å². The van der Waals surface area contributed by atoms with Gasteiger partial charge < -0.3 is 4.90 Å². The quantitative estimate of drug-likeness (QED) is 0.704. The van der Waals surface area contributed by atoms with Gasteiger partial charge in [0.15, 0.2) is 0 Å². The fourth-order valence-corrected chi connectivity index (χ4v) is 4.99. The largest absolute Gasteiger partial charge is 0.337 e. The Morgan fingerprint density at radius 2 is 1.96 bits per heavy atom. The molecule has 0 spiro atoms. The Morgan fingerprint density at radius 1 is 1.32 bits per heavy atom. The Kier molecular flexibility index (Phi) is 6.79. The van der Waals surface area contributed by atoms with Gasteiger partial charge >= 0.3 is 0 Å². The predicted octanol–water partition coefficient (Wildman–Crippen LogP) is 3.86. The normalized spacial score (nSPS) is 12.8. The lowest BCUT2D eigenvalue weighted by Gasteiger charge is -2.17. The smallest absolute Gasteiger partial charge is 0.253 e. The van der Waals surface area contributed by atoms with Gasteiger partial charge in [-0.25, -0.2) is 13.1 Å². The minimum atomic E-state index is -3.56. The van der Waals surface area contributed by atoms with Gasteiger partial charge in [-0.2, -0.15) is 0 Å². The molecule has 2 rings (SSSR count). The first kappa shape index (κ1) is 20.1. The molecule has 1 N–H and O–H groups in total. The average molecular weight is 445 g/mol. The third-order valence-electron chi connectivity index (χ3n) is 3.74. The van der Waals surface area contributed by atoms with Gasteiger partial charge in [-0.15, -0.1) is 11.3 Å². The molecule has 1 aromatic heterocycles. The zero-order valence-electron chi connectivity index (χ0n) is 14.3. The van der Waals surface area contributed by atoms with Gasteiger partial charge in [0.05, 0.1) is 11.4 Å². The van der Waals surface area contributed by atoms with Crippen molar-refractivity contribution in [2.75, 3.05) is 7.05 Å². The lowest BCUT2D eigenvalue weighted by atomic mass is 10.2. The van der Waals surface area contributed by atoms with Crippen molar-refractivity contribution in [1.29, 1.82) is 0 Å². The van der Waals surface area contributed by atoms with Crippen molar-refractivity contribution in [2.45, 2.75) is 37.8 Å². The third kappa shape index (κ3) is 5.37. The number of hydrogen-bond acceptors (Lipinski definition) is 4. The number of hydrogen-bond donors (Lipinski definition) is 1. The fourth-order valence-electron chi connectivity index (χ4n) is 2.16. The van der Waals surface area contributed by atoms with Gasteiger partial charge in [-0.05, 0) is 59.6 Å². The Balaban J connectivity index is 2.09. The lowest BCUT2D eigenvalue weighted by molar-refractivity contribution is 0.0786. The van der Waals surface area contributed by atoms with Crippen molar-refractivity contribution >= 4 is 43.2 Å². The molecule has 5 nitrogen and oxygen atoms in total. The van der Waals surface area contributed by atoms with Crippen LogP contribution in [0.25, 0.3) is 0 Å². The van der Waals surface area contributed by atoms with E-state index in [0.717, 1.165) is 9.35 Å². The number of carbonyl (C=O) groups is 1. The minimum absolute atomic E-state index is 0.137. The van der Waals surface area contributed by atoms with Crippen LogP contribution in [0.15, 0.2) is 45.1 Å². The molecule has 0 fully saturated rings. The molecule has 1 unspecified atom stereocenters. The molecule has 25 heavy (non-hydrogen) atoms. The standard InChI is InChI=1S/C17H21BrN2O3S2/c1-4-12(2)19-25(22,23)16-7-5-13(6-8-16)17(21)20(3)10-15-9-14(18)11-24-15/h5-9,11-12,19H,4,10H2,1-3H3. The molecule has 0 bridgehead atoms. The number of sulfonamides is 1. The molecule has 1 atom stereocenters. The van der Waals surface area contributed by atoms with Gasteiger partial charge in [-0.3, -0.25) is 4.79 Å². The van der Waals surface area contributed by atoms with Crippen LogP contribution in [0.3, 0.4) is 0 Å². The highest BCUT2D eigenvalue weighted by Crippen LogP contribution is 2.21. The van der Waals surface area contributed by atoms with Gasteiger partial charge in [0, 0.05) is 33.4 Å². The van der Waals surface area contributed by atoms with E-state index in [4.69, 9.17) is 0 Å². The third-order valence-corrected chi connectivity index (χ3v) is 7.03. The number of rotatable bonds is 7. The summed E-state index contributed by atoms with van der Waals surface area (Å²) in [6, 6.07) is 7.87. The van der Waals surface area contributed by atoms with Crippen molar-refractivity contribution in [3.63, 3.8) is 0 Å². The summed E-state index contributed by atoms with van der Waals surface area (Å²) in [5.74, 6) is -0.150. The monoisotopic (exact) mass is 444 g/mol. The lowest BCUT2D eigenvalue weighted by Crippen LogP contribution is -2.32.